The van der Waals surface area contributed by atoms with Gasteiger partial charge in [0.15, 0.2) is 0 Å². The maximum atomic E-state index is 12.1. The second-order valence-corrected chi connectivity index (χ2v) is 6.25. The van der Waals surface area contributed by atoms with Crippen molar-refractivity contribution in [1.29, 1.82) is 0 Å². The van der Waals surface area contributed by atoms with Crippen molar-refractivity contribution in [1.82, 2.24) is 0 Å². The van der Waals surface area contributed by atoms with Crippen molar-refractivity contribution in [3.63, 3.8) is 0 Å². The molecule has 3 nitrogen and oxygen atoms in total. The van der Waals surface area contributed by atoms with Gasteiger partial charge in [-0.1, -0.05) is 42.0 Å². The largest absolute Gasteiger partial charge is 0.497 e. The van der Waals surface area contributed by atoms with Crippen LogP contribution in [0, 0.1) is 6.92 Å². The molecule has 3 aromatic rings. The van der Waals surface area contributed by atoms with Crippen LogP contribution in [0.1, 0.15) is 27.0 Å². The zero-order valence-electron chi connectivity index (χ0n) is 15.1. The molecule has 0 heterocycles. The van der Waals surface area contributed by atoms with Gasteiger partial charge in [-0.15, -0.1) is 0 Å². The molecule has 0 atom stereocenters. The van der Waals surface area contributed by atoms with Gasteiger partial charge in [0, 0.05) is 0 Å². The maximum Gasteiger partial charge on any atom is 0.343 e. The molecule has 0 radical (unpaired) electrons. The summed E-state index contributed by atoms with van der Waals surface area (Å²) in [5, 5.41) is 0. The molecule has 0 spiro atoms. The van der Waals surface area contributed by atoms with Crippen molar-refractivity contribution >= 4 is 5.97 Å². The number of esters is 1. The Morgan fingerprint density at radius 3 is 1.73 bits per heavy atom. The van der Waals surface area contributed by atoms with Crippen LogP contribution in [-0.2, 0) is 12.8 Å². The minimum absolute atomic E-state index is 0.337. The Morgan fingerprint density at radius 1 is 0.731 bits per heavy atom. The van der Waals surface area contributed by atoms with E-state index in [-0.39, 0.29) is 5.97 Å². The summed E-state index contributed by atoms with van der Waals surface area (Å²) < 4.78 is 10.6. The fourth-order valence-electron chi connectivity index (χ4n) is 2.66. The molecule has 0 bridgehead atoms. The van der Waals surface area contributed by atoms with Crippen LogP contribution >= 0.6 is 0 Å². The Kier molecular flexibility index (Phi) is 5.69. The van der Waals surface area contributed by atoms with E-state index in [1.807, 2.05) is 55.5 Å². The van der Waals surface area contributed by atoms with Gasteiger partial charge in [-0.25, -0.2) is 4.79 Å². The molecular formula is C23H22O3. The number of aryl methyl sites for hydroxylation is 3. The van der Waals surface area contributed by atoms with Gasteiger partial charge in [0.2, 0.25) is 0 Å². The van der Waals surface area contributed by atoms with Crippen LogP contribution in [0.25, 0.3) is 0 Å². The van der Waals surface area contributed by atoms with Crippen molar-refractivity contribution < 1.29 is 14.3 Å². The third-order valence-corrected chi connectivity index (χ3v) is 4.28. The fraction of sp³-hybridized carbons (Fsp3) is 0.174. The van der Waals surface area contributed by atoms with Gasteiger partial charge in [0.05, 0.1) is 12.7 Å². The molecule has 0 fully saturated rings. The van der Waals surface area contributed by atoms with Crippen molar-refractivity contribution in [3.05, 3.63) is 95.1 Å². The quantitative estimate of drug-likeness (QED) is 0.465. The Balaban J connectivity index is 1.55. The molecule has 132 valence electrons. The SMILES string of the molecule is COc1ccc(CCc2ccc(OC(=O)c3ccc(C)cc3)cc2)cc1. The van der Waals surface area contributed by atoms with E-state index in [0.717, 1.165) is 24.2 Å². The minimum Gasteiger partial charge on any atom is -0.497 e. The predicted molar refractivity (Wildman–Crippen MR) is 103 cm³/mol. The van der Waals surface area contributed by atoms with Crippen LogP contribution in [0.15, 0.2) is 72.8 Å². The summed E-state index contributed by atoms with van der Waals surface area (Å²) in [6.07, 6.45) is 1.88. The normalized spacial score (nSPS) is 10.4. The summed E-state index contributed by atoms with van der Waals surface area (Å²) in [4.78, 5) is 12.1. The number of carbonyl (C=O) groups is 1. The average Bonchev–Trinajstić information content (AvgIpc) is 2.68. The summed E-state index contributed by atoms with van der Waals surface area (Å²) in [5.41, 5.74) is 4.14. The maximum absolute atomic E-state index is 12.1. The number of carbonyl (C=O) groups excluding carboxylic acids is 1. The highest BCUT2D eigenvalue weighted by molar-refractivity contribution is 5.91. The van der Waals surface area contributed by atoms with E-state index in [1.165, 1.54) is 11.1 Å². The second kappa shape index (κ2) is 8.34. The Labute approximate surface area is 154 Å². The van der Waals surface area contributed by atoms with E-state index >= 15 is 0 Å². The predicted octanol–water partition coefficient (Wildman–Crippen LogP) is 5.01. The topological polar surface area (TPSA) is 35.5 Å². The smallest absolute Gasteiger partial charge is 0.343 e. The zero-order valence-corrected chi connectivity index (χ0v) is 15.1. The van der Waals surface area contributed by atoms with Crippen LogP contribution in [0.4, 0.5) is 0 Å². The number of rotatable bonds is 6. The summed E-state index contributed by atoms with van der Waals surface area (Å²) in [6.45, 7) is 1.99. The van der Waals surface area contributed by atoms with Crippen LogP contribution < -0.4 is 9.47 Å². The summed E-state index contributed by atoms with van der Waals surface area (Å²) in [6, 6.07) is 23.2. The monoisotopic (exact) mass is 346 g/mol. The molecule has 0 amide bonds. The Bertz CT molecular complexity index is 847. The average molecular weight is 346 g/mol. The first kappa shape index (κ1) is 17.7. The third kappa shape index (κ3) is 4.73. The molecule has 0 N–H and O–H groups in total. The van der Waals surface area contributed by atoms with E-state index in [2.05, 4.69) is 12.1 Å². The molecule has 3 heteroatoms. The van der Waals surface area contributed by atoms with Crippen LogP contribution in [0.3, 0.4) is 0 Å². The highest BCUT2D eigenvalue weighted by Gasteiger charge is 2.08. The molecule has 26 heavy (non-hydrogen) atoms. The van der Waals surface area contributed by atoms with Gasteiger partial charge in [0.25, 0.3) is 0 Å². The molecule has 0 aliphatic rings. The summed E-state index contributed by atoms with van der Waals surface area (Å²) in [5.74, 6) is 1.09. The summed E-state index contributed by atoms with van der Waals surface area (Å²) >= 11 is 0. The lowest BCUT2D eigenvalue weighted by Crippen LogP contribution is -2.08. The number of methoxy groups -OCH3 is 1. The molecule has 0 aromatic heterocycles. The van der Waals surface area contributed by atoms with Gasteiger partial charge in [-0.2, -0.15) is 0 Å². The van der Waals surface area contributed by atoms with Crippen LogP contribution in [0.2, 0.25) is 0 Å². The highest BCUT2D eigenvalue weighted by Crippen LogP contribution is 2.17. The van der Waals surface area contributed by atoms with E-state index in [0.29, 0.717) is 11.3 Å². The first-order valence-electron chi connectivity index (χ1n) is 8.65. The van der Waals surface area contributed by atoms with Crippen molar-refractivity contribution in [2.45, 2.75) is 19.8 Å². The van der Waals surface area contributed by atoms with Crippen molar-refractivity contribution in [2.75, 3.05) is 7.11 Å². The van der Waals surface area contributed by atoms with Gasteiger partial charge in [-0.3, -0.25) is 0 Å². The molecule has 0 aliphatic heterocycles. The lowest BCUT2D eigenvalue weighted by atomic mass is 10.0. The molecule has 0 aliphatic carbocycles. The van der Waals surface area contributed by atoms with Gasteiger partial charge < -0.3 is 9.47 Å². The number of benzene rings is 3. The minimum atomic E-state index is -0.337. The lowest BCUT2D eigenvalue weighted by molar-refractivity contribution is 0.0734. The molecule has 0 saturated heterocycles. The van der Waals surface area contributed by atoms with E-state index in [1.54, 1.807) is 19.2 Å². The van der Waals surface area contributed by atoms with E-state index in [4.69, 9.17) is 9.47 Å². The lowest BCUT2D eigenvalue weighted by Gasteiger charge is -2.07. The van der Waals surface area contributed by atoms with Crippen LogP contribution in [0.5, 0.6) is 11.5 Å². The highest BCUT2D eigenvalue weighted by atomic mass is 16.5. The second-order valence-electron chi connectivity index (χ2n) is 6.25. The molecule has 0 unspecified atom stereocenters. The van der Waals surface area contributed by atoms with Gasteiger partial charge in [-0.05, 0) is 67.3 Å². The standard InChI is InChI=1S/C23H22O3/c1-17-3-11-20(12-4-17)23(24)26-22-15-9-19(10-16-22)6-5-18-7-13-21(25-2)14-8-18/h3-4,7-16H,5-6H2,1-2H3. The van der Waals surface area contributed by atoms with Crippen molar-refractivity contribution in [2.24, 2.45) is 0 Å². The molecule has 0 saturated carbocycles. The molecular weight excluding hydrogens is 324 g/mol. The first-order chi connectivity index (χ1) is 12.6. The Morgan fingerprint density at radius 2 is 1.23 bits per heavy atom. The number of hydrogen-bond acceptors (Lipinski definition) is 3. The van der Waals surface area contributed by atoms with E-state index < -0.39 is 0 Å². The fourth-order valence-corrected chi connectivity index (χ4v) is 2.66. The van der Waals surface area contributed by atoms with E-state index in [9.17, 15) is 4.79 Å². The van der Waals surface area contributed by atoms with Crippen LogP contribution in [-0.4, -0.2) is 13.1 Å². The third-order valence-electron chi connectivity index (χ3n) is 4.28. The zero-order chi connectivity index (χ0) is 18.4. The summed E-state index contributed by atoms with van der Waals surface area (Å²) in [7, 11) is 1.67. The Hall–Kier alpha value is -3.07. The van der Waals surface area contributed by atoms with Gasteiger partial charge >= 0.3 is 5.97 Å². The first-order valence-corrected chi connectivity index (χ1v) is 8.65. The number of ether oxygens (including phenoxy) is 2. The molecule has 3 rings (SSSR count). The van der Waals surface area contributed by atoms with Gasteiger partial charge in [0.1, 0.15) is 11.5 Å². The molecule has 3 aromatic carbocycles. The van der Waals surface area contributed by atoms with Crippen molar-refractivity contribution in [3.8, 4) is 11.5 Å². The number of hydrogen-bond donors (Lipinski definition) is 0.